The Morgan fingerprint density at radius 2 is 1.48 bits per heavy atom. The minimum atomic E-state index is -0.466. The lowest BCUT2D eigenvalue weighted by Crippen LogP contribution is -2.05. The molecule has 2 aromatic rings. The highest BCUT2D eigenvalue weighted by atomic mass is 16.6. The molecule has 1 aliphatic heterocycles. The Bertz CT molecular complexity index is 774. The van der Waals surface area contributed by atoms with E-state index in [1.807, 2.05) is 24.3 Å². The second-order valence-corrected chi connectivity index (χ2v) is 4.84. The van der Waals surface area contributed by atoms with Crippen LogP contribution in [0.15, 0.2) is 59.2 Å². The number of hydrogen-bond acceptors (Lipinski definition) is 5. The molecule has 0 aromatic heterocycles. The van der Waals surface area contributed by atoms with E-state index in [0.717, 1.165) is 22.6 Å². The monoisotopic (exact) mass is 309 g/mol. The van der Waals surface area contributed by atoms with Gasteiger partial charge in [0.1, 0.15) is 11.5 Å². The van der Waals surface area contributed by atoms with E-state index in [0.29, 0.717) is 0 Å². The van der Waals surface area contributed by atoms with Crippen LogP contribution in [0.1, 0.15) is 11.1 Å². The summed E-state index contributed by atoms with van der Waals surface area (Å²) in [5.74, 6) is 1.31. The first-order chi connectivity index (χ1) is 11.2. The largest absolute Gasteiger partial charge is 0.497 e. The van der Waals surface area contributed by atoms with Gasteiger partial charge >= 0.3 is 5.97 Å². The van der Waals surface area contributed by atoms with Gasteiger partial charge < -0.3 is 14.2 Å². The van der Waals surface area contributed by atoms with Crippen LogP contribution in [0, 0.1) is 0 Å². The Morgan fingerprint density at radius 1 is 0.913 bits per heavy atom. The molecule has 0 radical (unpaired) electrons. The summed E-state index contributed by atoms with van der Waals surface area (Å²) in [5, 5.41) is 0. The fourth-order valence-corrected chi connectivity index (χ4v) is 2.12. The molecule has 23 heavy (non-hydrogen) atoms. The second kappa shape index (κ2) is 6.36. The van der Waals surface area contributed by atoms with Crippen LogP contribution in [-0.2, 0) is 9.53 Å². The molecule has 5 heteroatoms. The van der Waals surface area contributed by atoms with Crippen LogP contribution in [0.5, 0.6) is 11.5 Å². The maximum absolute atomic E-state index is 12.0. The maximum Gasteiger partial charge on any atom is 0.363 e. The molecule has 0 bridgehead atoms. The van der Waals surface area contributed by atoms with Crippen molar-refractivity contribution in [1.29, 1.82) is 0 Å². The van der Waals surface area contributed by atoms with Crippen LogP contribution < -0.4 is 9.47 Å². The number of hydrogen-bond donors (Lipinski definition) is 0. The van der Waals surface area contributed by atoms with E-state index in [1.54, 1.807) is 44.6 Å². The number of esters is 1. The topological polar surface area (TPSA) is 57.1 Å². The van der Waals surface area contributed by atoms with Gasteiger partial charge in [-0.2, -0.15) is 0 Å². The van der Waals surface area contributed by atoms with E-state index in [1.165, 1.54) is 0 Å². The third kappa shape index (κ3) is 3.23. The molecule has 1 heterocycles. The van der Waals surface area contributed by atoms with Crippen molar-refractivity contribution in [2.24, 2.45) is 4.99 Å². The average molecular weight is 309 g/mol. The van der Waals surface area contributed by atoms with Gasteiger partial charge in [-0.1, -0.05) is 12.1 Å². The van der Waals surface area contributed by atoms with Crippen molar-refractivity contribution >= 4 is 17.9 Å². The molecule has 0 aliphatic carbocycles. The lowest BCUT2D eigenvalue weighted by Gasteiger charge is -2.01. The molecule has 116 valence electrons. The second-order valence-electron chi connectivity index (χ2n) is 4.84. The van der Waals surface area contributed by atoms with Crippen molar-refractivity contribution in [3.8, 4) is 11.5 Å². The van der Waals surface area contributed by atoms with Gasteiger partial charge in [0.15, 0.2) is 5.70 Å². The summed E-state index contributed by atoms with van der Waals surface area (Å²) in [6.45, 7) is 0. The lowest BCUT2D eigenvalue weighted by atomic mass is 10.2. The smallest absolute Gasteiger partial charge is 0.363 e. The molecule has 0 saturated carbocycles. The predicted molar refractivity (Wildman–Crippen MR) is 86.6 cm³/mol. The molecule has 5 nitrogen and oxygen atoms in total. The number of nitrogens with zero attached hydrogens (tertiary/aromatic N) is 1. The van der Waals surface area contributed by atoms with E-state index in [9.17, 15) is 4.79 Å². The van der Waals surface area contributed by atoms with Crippen LogP contribution in [0.2, 0.25) is 0 Å². The molecule has 1 aliphatic rings. The summed E-state index contributed by atoms with van der Waals surface area (Å²) in [4.78, 5) is 16.2. The highest BCUT2D eigenvalue weighted by Crippen LogP contribution is 2.21. The van der Waals surface area contributed by atoms with E-state index < -0.39 is 5.97 Å². The average Bonchev–Trinajstić information content (AvgIpc) is 2.96. The highest BCUT2D eigenvalue weighted by Gasteiger charge is 2.24. The molecule has 0 atom stereocenters. The van der Waals surface area contributed by atoms with Gasteiger partial charge in [-0.25, -0.2) is 9.79 Å². The van der Waals surface area contributed by atoms with Gasteiger partial charge in [0, 0.05) is 5.56 Å². The molecule has 3 rings (SSSR count). The Labute approximate surface area is 133 Å². The molecular formula is C18H15NO4. The number of carbonyl (C=O) groups excluding carboxylic acids is 1. The molecule has 0 saturated heterocycles. The fraction of sp³-hybridized carbons (Fsp3) is 0.111. The zero-order valence-corrected chi connectivity index (χ0v) is 12.8. The van der Waals surface area contributed by atoms with Crippen LogP contribution in [0.3, 0.4) is 0 Å². The van der Waals surface area contributed by atoms with Crippen LogP contribution in [0.4, 0.5) is 0 Å². The molecule has 0 spiro atoms. The quantitative estimate of drug-likeness (QED) is 0.643. The first-order valence-electron chi connectivity index (χ1n) is 7.00. The number of ether oxygens (including phenoxy) is 3. The van der Waals surface area contributed by atoms with Crippen molar-refractivity contribution < 1.29 is 19.0 Å². The number of benzene rings is 2. The van der Waals surface area contributed by atoms with Crippen molar-refractivity contribution in [2.75, 3.05) is 14.2 Å². The number of cyclic esters (lactones) is 1. The van der Waals surface area contributed by atoms with E-state index in [4.69, 9.17) is 14.2 Å². The van der Waals surface area contributed by atoms with E-state index in [2.05, 4.69) is 4.99 Å². The number of rotatable bonds is 4. The third-order valence-electron chi connectivity index (χ3n) is 3.38. The van der Waals surface area contributed by atoms with Gasteiger partial charge in [0.25, 0.3) is 0 Å². The zero-order chi connectivity index (χ0) is 16.2. The van der Waals surface area contributed by atoms with Crippen molar-refractivity contribution in [1.82, 2.24) is 0 Å². The van der Waals surface area contributed by atoms with Gasteiger partial charge in [-0.05, 0) is 48.0 Å². The molecular weight excluding hydrogens is 294 g/mol. The Morgan fingerprint density at radius 3 is 2.04 bits per heavy atom. The standard InChI is InChI=1S/C18H15NO4/c1-21-14-7-3-12(4-8-14)11-16-18(20)23-17(19-16)13-5-9-15(22-2)10-6-13/h3-11H,1-2H3/b16-11+. The number of aliphatic imine (C=N–C) groups is 1. The summed E-state index contributed by atoms with van der Waals surface area (Å²) < 4.78 is 15.4. The first-order valence-corrected chi connectivity index (χ1v) is 7.00. The predicted octanol–water partition coefficient (Wildman–Crippen LogP) is 3.05. The minimum Gasteiger partial charge on any atom is -0.497 e. The SMILES string of the molecule is COc1ccc(/C=C2/N=C(c3ccc(OC)cc3)OC2=O)cc1. The van der Waals surface area contributed by atoms with Crippen LogP contribution >= 0.6 is 0 Å². The molecule has 0 fully saturated rings. The van der Waals surface area contributed by atoms with Gasteiger partial charge in [-0.3, -0.25) is 0 Å². The van der Waals surface area contributed by atoms with Gasteiger partial charge in [0.05, 0.1) is 14.2 Å². The van der Waals surface area contributed by atoms with Crippen molar-refractivity contribution in [3.63, 3.8) is 0 Å². The van der Waals surface area contributed by atoms with E-state index in [-0.39, 0.29) is 11.6 Å². The summed E-state index contributed by atoms with van der Waals surface area (Å²) in [5.41, 5.74) is 1.83. The lowest BCUT2D eigenvalue weighted by molar-refractivity contribution is -0.129. The third-order valence-corrected chi connectivity index (χ3v) is 3.38. The number of carbonyl (C=O) groups is 1. The Balaban J connectivity index is 1.86. The van der Waals surface area contributed by atoms with Crippen molar-refractivity contribution in [2.45, 2.75) is 0 Å². The fourth-order valence-electron chi connectivity index (χ4n) is 2.12. The van der Waals surface area contributed by atoms with Crippen molar-refractivity contribution in [3.05, 3.63) is 65.4 Å². The summed E-state index contributed by atoms with van der Waals surface area (Å²) in [7, 11) is 3.20. The summed E-state index contributed by atoms with van der Waals surface area (Å²) >= 11 is 0. The minimum absolute atomic E-state index is 0.265. The maximum atomic E-state index is 12.0. The summed E-state index contributed by atoms with van der Waals surface area (Å²) in [6.07, 6.45) is 1.68. The molecule has 2 aromatic carbocycles. The molecule has 0 N–H and O–H groups in total. The summed E-state index contributed by atoms with van der Waals surface area (Å²) in [6, 6.07) is 14.5. The first kappa shape index (κ1) is 14.8. The van der Waals surface area contributed by atoms with E-state index >= 15 is 0 Å². The van der Waals surface area contributed by atoms with Crippen LogP contribution in [0.25, 0.3) is 6.08 Å². The zero-order valence-electron chi connectivity index (χ0n) is 12.8. The Kier molecular flexibility index (Phi) is 4.10. The van der Waals surface area contributed by atoms with Gasteiger partial charge in [-0.15, -0.1) is 0 Å². The van der Waals surface area contributed by atoms with Crippen LogP contribution in [-0.4, -0.2) is 26.1 Å². The normalized spacial score (nSPS) is 15.3. The molecule has 0 amide bonds. The Hall–Kier alpha value is -3.08. The number of methoxy groups -OCH3 is 2. The molecule has 0 unspecified atom stereocenters. The van der Waals surface area contributed by atoms with Gasteiger partial charge in [0.2, 0.25) is 5.90 Å². The highest BCUT2D eigenvalue weighted by molar-refractivity contribution is 6.12.